The van der Waals surface area contributed by atoms with Crippen molar-refractivity contribution >= 4 is 39.1 Å². The number of benzene rings is 2. The normalized spacial score (nSPS) is 10.4. The summed E-state index contributed by atoms with van der Waals surface area (Å²) in [7, 11) is 1.65. The van der Waals surface area contributed by atoms with Gasteiger partial charge < -0.3 is 15.4 Å². The molecule has 0 bridgehead atoms. The van der Waals surface area contributed by atoms with Crippen LogP contribution < -0.4 is 15.4 Å². The molecule has 25 heavy (non-hydrogen) atoms. The number of ether oxygens (including phenoxy) is 1. The number of methoxy groups -OCH3 is 1. The average molecular weight is 399 g/mol. The third kappa shape index (κ3) is 4.28. The number of halogens is 1. The van der Waals surface area contributed by atoms with E-state index >= 15 is 0 Å². The lowest BCUT2D eigenvalue weighted by Gasteiger charge is -2.13. The van der Waals surface area contributed by atoms with Gasteiger partial charge in [-0.1, -0.05) is 18.2 Å². The van der Waals surface area contributed by atoms with Gasteiger partial charge in [-0.05, 0) is 59.6 Å². The van der Waals surface area contributed by atoms with Crippen LogP contribution in [-0.2, 0) is 0 Å². The molecule has 2 aromatic carbocycles. The van der Waals surface area contributed by atoms with Crippen LogP contribution in [0.5, 0.6) is 5.75 Å². The molecule has 0 unspecified atom stereocenters. The summed E-state index contributed by atoms with van der Waals surface area (Å²) in [5, 5.41) is 6.54. The summed E-state index contributed by atoms with van der Waals surface area (Å²) in [6.45, 7) is 3.98. The SMILES string of the molecule is COc1ccccc1Nc1cc(C)nc(Nc2ccc(C)cc2Br)n1. The molecule has 0 fully saturated rings. The zero-order valence-corrected chi connectivity index (χ0v) is 15.9. The maximum atomic E-state index is 5.37. The van der Waals surface area contributed by atoms with Crippen LogP contribution in [0.1, 0.15) is 11.3 Å². The highest BCUT2D eigenvalue weighted by Crippen LogP contribution is 2.28. The van der Waals surface area contributed by atoms with E-state index in [-0.39, 0.29) is 0 Å². The predicted molar refractivity (Wildman–Crippen MR) is 105 cm³/mol. The van der Waals surface area contributed by atoms with E-state index in [0.717, 1.165) is 27.3 Å². The third-order valence-electron chi connectivity index (χ3n) is 3.59. The highest BCUT2D eigenvalue weighted by Gasteiger charge is 2.08. The molecule has 0 saturated heterocycles. The van der Waals surface area contributed by atoms with Crippen LogP contribution in [0.15, 0.2) is 53.0 Å². The van der Waals surface area contributed by atoms with Crippen molar-refractivity contribution in [2.45, 2.75) is 13.8 Å². The Balaban J connectivity index is 1.87. The minimum atomic E-state index is 0.530. The van der Waals surface area contributed by atoms with Gasteiger partial charge in [0.25, 0.3) is 0 Å². The molecule has 0 saturated carbocycles. The molecular formula is C19H19BrN4O. The average Bonchev–Trinajstić information content (AvgIpc) is 2.57. The minimum absolute atomic E-state index is 0.530. The molecule has 0 radical (unpaired) electrons. The fourth-order valence-electron chi connectivity index (χ4n) is 2.42. The molecule has 0 amide bonds. The van der Waals surface area contributed by atoms with Crippen LogP contribution in [0.4, 0.5) is 23.1 Å². The Morgan fingerprint density at radius 1 is 0.920 bits per heavy atom. The van der Waals surface area contributed by atoms with E-state index < -0.39 is 0 Å². The first-order valence-corrected chi connectivity index (χ1v) is 8.63. The van der Waals surface area contributed by atoms with E-state index in [1.807, 2.05) is 62.4 Å². The summed E-state index contributed by atoms with van der Waals surface area (Å²) in [6, 6.07) is 15.7. The van der Waals surface area contributed by atoms with Crippen molar-refractivity contribution in [1.82, 2.24) is 9.97 Å². The molecule has 0 aliphatic rings. The highest BCUT2D eigenvalue weighted by molar-refractivity contribution is 9.10. The maximum absolute atomic E-state index is 5.37. The first kappa shape index (κ1) is 17.2. The van der Waals surface area contributed by atoms with Crippen molar-refractivity contribution in [2.24, 2.45) is 0 Å². The highest BCUT2D eigenvalue weighted by atomic mass is 79.9. The monoisotopic (exact) mass is 398 g/mol. The van der Waals surface area contributed by atoms with Gasteiger partial charge in [-0.2, -0.15) is 4.98 Å². The number of anilines is 4. The second-order valence-corrected chi connectivity index (χ2v) is 6.51. The van der Waals surface area contributed by atoms with Gasteiger partial charge in [-0.3, -0.25) is 0 Å². The number of hydrogen-bond acceptors (Lipinski definition) is 5. The second-order valence-electron chi connectivity index (χ2n) is 5.65. The topological polar surface area (TPSA) is 59.1 Å². The lowest BCUT2D eigenvalue weighted by molar-refractivity contribution is 0.417. The summed E-state index contributed by atoms with van der Waals surface area (Å²) >= 11 is 3.56. The molecule has 3 aromatic rings. The largest absolute Gasteiger partial charge is 0.495 e. The van der Waals surface area contributed by atoms with E-state index in [0.29, 0.717) is 11.8 Å². The molecule has 5 nitrogen and oxygen atoms in total. The Hall–Kier alpha value is -2.60. The fraction of sp³-hybridized carbons (Fsp3) is 0.158. The molecule has 0 atom stereocenters. The Morgan fingerprint density at radius 2 is 1.72 bits per heavy atom. The Bertz CT molecular complexity index is 898. The van der Waals surface area contributed by atoms with Crippen molar-refractivity contribution in [3.8, 4) is 5.75 Å². The number of aryl methyl sites for hydroxylation is 2. The number of hydrogen-bond donors (Lipinski definition) is 2. The zero-order valence-electron chi connectivity index (χ0n) is 14.3. The van der Waals surface area contributed by atoms with Crippen LogP contribution in [0.2, 0.25) is 0 Å². The van der Waals surface area contributed by atoms with E-state index in [1.165, 1.54) is 5.56 Å². The Kier molecular flexibility index (Phi) is 5.19. The lowest BCUT2D eigenvalue weighted by Crippen LogP contribution is -2.03. The van der Waals surface area contributed by atoms with Gasteiger partial charge in [0.2, 0.25) is 5.95 Å². The van der Waals surface area contributed by atoms with E-state index in [4.69, 9.17) is 4.74 Å². The van der Waals surface area contributed by atoms with Crippen molar-refractivity contribution in [2.75, 3.05) is 17.7 Å². The van der Waals surface area contributed by atoms with Crippen LogP contribution in [0.3, 0.4) is 0 Å². The van der Waals surface area contributed by atoms with Crippen LogP contribution in [0.25, 0.3) is 0 Å². The summed E-state index contributed by atoms with van der Waals surface area (Å²) in [6.07, 6.45) is 0. The molecule has 6 heteroatoms. The van der Waals surface area contributed by atoms with Crippen LogP contribution >= 0.6 is 15.9 Å². The van der Waals surface area contributed by atoms with Gasteiger partial charge >= 0.3 is 0 Å². The van der Waals surface area contributed by atoms with Crippen molar-refractivity contribution < 1.29 is 4.74 Å². The minimum Gasteiger partial charge on any atom is -0.495 e. The molecule has 1 heterocycles. The van der Waals surface area contributed by atoms with E-state index in [1.54, 1.807) is 7.11 Å². The zero-order chi connectivity index (χ0) is 17.8. The molecule has 3 rings (SSSR count). The number of para-hydroxylation sites is 2. The number of nitrogens with one attached hydrogen (secondary N) is 2. The van der Waals surface area contributed by atoms with E-state index in [9.17, 15) is 0 Å². The molecule has 128 valence electrons. The molecule has 1 aromatic heterocycles. The Labute approximate surface area is 155 Å². The molecule has 2 N–H and O–H groups in total. The lowest BCUT2D eigenvalue weighted by atomic mass is 10.2. The summed E-state index contributed by atoms with van der Waals surface area (Å²) in [5.74, 6) is 1.99. The summed E-state index contributed by atoms with van der Waals surface area (Å²) in [4.78, 5) is 9.02. The van der Waals surface area contributed by atoms with Gasteiger partial charge in [0.15, 0.2) is 0 Å². The molecule has 0 aliphatic carbocycles. The smallest absolute Gasteiger partial charge is 0.229 e. The second kappa shape index (κ2) is 7.53. The molecule has 0 aliphatic heterocycles. The van der Waals surface area contributed by atoms with Crippen LogP contribution in [0, 0.1) is 13.8 Å². The number of aromatic nitrogens is 2. The van der Waals surface area contributed by atoms with Gasteiger partial charge in [0, 0.05) is 16.2 Å². The predicted octanol–water partition coefficient (Wildman–Crippen LogP) is 5.35. The number of nitrogens with zero attached hydrogens (tertiary/aromatic N) is 2. The molecular weight excluding hydrogens is 380 g/mol. The Morgan fingerprint density at radius 3 is 2.48 bits per heavy atom. The van der Waals surface area contributed by atoms with Crippen molar-refractivity contribution in [1.29, 1.82) is 0 Å². The summed E-state index contributed by atoms with van der Waals surface area (Å²) < 4.78 is 6.34. The number of rotatable bonds is 5. The van der Waals surface area contributed by atoms with Gasteiger partial charge in [-0.25, -0.2) is 4.98 Å². The van der Waals surface area contributed by atoms with E-state index in [2.05, 4.69) is 36.5 Å². The van der Waals surface area contributed by atoms with Crippen molar-refractivity contribution in [3.63, 3.8) is 0 Å². The van der Waals surface area contributed by atoms with Crippen LogP contribution in [-0.4, -0.2) is 17.1 Å². The summed E-state index contributed by atoms with van der Waals surface area (Å²) in [5.41, 5.74) is 3.81. The standard InChI is InChI=1S/C19H19BrN4O/c1-12-8-9-15(14(20)10-12)23-19-21-13(2)11-18(24-19)22-16-6-4-5-7-17(16)25-3/h4-11H,1-3H3,(H2,21,22,23,24). The first-order valence-electron chi connectivity index (χ1n) is 7.84. The van der Waals surface area contributed by atoms with Gasteiger partial charge in [-0.15, -0.1) is 0 Å². The maximum Gasteiger partial charge on any atom is 0.229 e. The fourth-order valence-corrected chi connectivity index (χ4v) is 3.01. The van der Waals surface area contributed by atoms with Gasteiger partial charge in [0.05, 0.1) is 18.5 Å². The first-order chi connectivity index (χ1) is 12.0. The molecule has 0 spiro atoms. The van der Waals surface area contributed by atoms with Gasteiger partial charge in [0.1, 0.15) is 11.6 Å². The van der Waals surface area contributed by atoms with Crippen molar-refractivity contribution in [3.05, 3.63) is 64.3 Å². The quantitative estimate of drug-likeness (QED) is 0.606. The third-order valence-corrected chi connectivity index (χ3v) is 4.25.